The van der Waals surface area contributed by atoms with Crippen LogP contribution in [0.4, 0.5) is 5.69 Å². The SMILES string of the molecule is CN(/C=C1/CN(Cc2ccccc2)CCC1=O)c1ccccc1. The van der Waals surface area contributed by atoms with Gasteiger partial charge in [0.2, 0.25) is 0 Å². The van der Waals surface area contributed by atoms with Crippen molar-refractivity contribution < 1.29 is 4.79 Å². The molecule has 1 heterocycles. The number of nitrogens with zero attached hydrogens (tertiary/aromatic N) is 2. The maximum Gasteiger partial charge on any atom is 0.162 e. The quantitative estimate of drug-likeness (QED) is 0.808. The molecule has 0 aromatic heterocycles. The molecule has 0 atom stereocenters. The van der Waals surface area contributed by atoms with E-state index in [1.54, 1.807) is 0 Å². The molecule has 1 saturated heterocycles. The lowest BCUT2D eigenvalue weighted by atomic mass is 10.0. The van der Waals surface area contributed by atoms with E-state index in [1.165, 1.54) is 5.56 Å². The molecular formula is C20H22N2O. The van der Waals surface area contributed by atoms with E-state index in [4.69, 9.17) is 0 Å². The van der Waals surface area contributed by atoms with Gasteiger partial charge in [-0.15, -0.1) is 0 Å². The number of carbonyl (C=O) groups is 1. The van der Waals surface area contributed by atoms with E-state index in [0.29, 0.717) is 13.0 Å². The van der Waals surface area contributed by atoms with Crippen LogP contribution in [0.15, 0.2) is 72.4 Å². The number of ketones is 1. The Bertz CT molecular complexity index is 679. The van der Waals surface area contributed by atoms with Gasteiger partial charge in [-0.25, -0.2) is 0 Å². The van der Waals surface area contributed by atoms with Gasteiger partial charge in [0.25, 0.3) is 0 Å². The highest BCUT2D eigenvalue weighted by Gasteiger charge is 2.21. The number of Topliss-reactive ketones (excluding diaryl/α,β-unsaturated/α-hetero) is 1. The van der Waals surface area contributed by atoms with Gasteiger partial charge in [0, 0.05) is 50.6 Å². The lowest BCUT2D eigenvalue weighted by Gasteiger charge is -2.29. The van der Waals surface area contributed by atoms with Crippen LogP contribution in [0.2, 0.25) is 0 Å². The van der Waals surface area contributed by atoms with Gasteiger partial charge >= 0.3 is 0 Å². The zero-order valence-electron chi connectivity index (χ0n) is 13.5. The fraction of sp³-hybridized carbons (Fsp3) is 0.250. The van der Waals surface area contributed by atoms with Crippen LogP contribution in [0, 0.1) is 0 Å². The van der Waals surface area contributed by atoms with Crippen LogP contribution >= 0.6 is 0 Å². The molecule has 0 N–H and O–H groups in total. The molecular weight excluding hydrogens is 284 g/mol. The minimum absolute atomic E-state index is 0.261. The Labute approximate surface area is 137 Å². The van der Waals surface area contributed by atoms with E-state index in [1.807, 2.05) is 54.5 Å². The van der Waals surface area contributed by atoms with Gasteiger partial charge in [0.05, 0.1) is 0 Å². The van der Waals surface area contributed by atoms with Crippen LogP contribution in [0.5, 0.6) is 0 Å². The summed E-state index contributed by atoms with van der Waals surface area (Å²) < 4.78 is 0. The molecule has 3 rings (SSSR count). The van der Waals surface area contributed by atoms with Crippen molar-refractivity contribution in [2.75, 3.05) is 25.0 Å². The van der Waals surface area contributed by atoms with E-state index in [-0.39, 0.29) is 5.78 Å². The maximum atomic E-state index is 12.2. The first-order valence-electron chi connectivity index (χ1n) is 8.00. The van der Waals surface area contributed by atoms with Gasteiger partial charge in [-0.1, -0.05) is 48.5 Å². The second-order valence-electron chi connectivity index (χ2n) is 5.97. The Morgan fingerprint density at radius 1 is 1.04 bits per heavy atom. The molecule has 0 spiro atoms. The van der Waals surface area contributed by atoms with Crippen molar-refractivity contribution in [3.8, 4) is 0 Å². The standard InChI is InChI=1S/C20H22N2O/c1-21(19-10-6-3-7-11-19)15-18-16-22(13-12-20(18)23)14-17-8-4-2-5-9-17/h2-11,15H,12-14,16H2,1H3/b18-15-. The highest BCUT2D eigenvalue weighted by Crippen LogP contribution is 2.18. The number of para-hydroxylation sites is 1. The van der Waals surface area contributed by atoms with Crippen molar-refractivity contribution in [1.82, 2.24) is 4.90 Å². The van der Waals surface area contributed by atoms with Gasteiger partial charge < -0.3 is 4.90 Å². The summed E-state index contributed by atoms with van der Waals surface area (Å²) in [6, 6.07) is 20.5. The van der Waals surface area contributed by atoms with E-state index in [9.17, 15) is 4.79 Å². The average Bonchev–Trinajstić information content (AvgIpc) is 2.59. The summed E-state index contributed by atoms with van der Waals surface area (Å²) in [5, 5.41) is 0. The number of rotatable bonds is 4. The minimum atomic E-state index is 0.261. The molecule has 3 nitrogen and oxygen atoms in total. The molecule has 0 saturated carbocycles. The molecule has 0 aliphatic carbocycles. The molecule has 0 bridgehead atoms. The summed E-state index contributed by atoms with van der Waals surface area (Å²) >= 11 is 0. The number of likely N-dealkylation sites (tertiary alicyclic amines) is 1. The van der Waals surface area contributed by atoms with Crippen LogP contribution in [0.1, 0.15) is 12.0 Å². The summed E-state index contributed by atoms with van der Waals surface area (Å²) in [6.07, 6.45) is 2.58. The number of carbonyl (C=O) groups excluding carboxylic acids is 1. The lowest BCUT2D eigenvalue weighted by Crippen LogP contribution is -2.36. The molecule has 1 aliphatic rings. The zero-order chi connectivity index (χ0) is 16.1. The van der Waals surface area contributed by atoms with Crippen molar-refractivity contribution in [3.05, 3.63) is 78.0 Å². The van der Waals surface area contributed by atoms with Crippen molar-refractivity contribution in [1.29, 1.82) is 0 Å². The van der Waals surface area contributed by atoms with Crippen LogP contribution in [-0.2, 0) is 11.3 Å². The monoisotopic (exact) mass is 306 g/mol. The molecule has 2 aromatic carbocycles. The van der Waals surface area contributed by atoms with Gasteiger partial charge in [0.15, 0.2) is 5.78 Å². The Balaban J connectivity index is 1.71. The molecule has 23 heavy (non-hydrogen) atoms. The van der Waals surface area contributed by atoms with Crippen molar-refractivity contribution in [2.24, 2.45) is 0 Å². The predicted molar refractivity (Wildman–Crippen MR) is 94.3 cm³/mol. The molecule has 0 unspecified atom stereocenters. The molecule has 0 amide bonds. The predicted octanol–water partition coefficient (Wildman–Crippen LogP) is 3.48. The van der Waals surface area contributed by atoms with Gasteiger partial charge in [-0.2, -0.15) is 0 Å². The number of hydrogen-bond acceptors (Lipinski definition) is 3. The van der Waals surface area contributed by atoms with Crippen molar-refractivity contribution in [2.45, 2.75) is 13.0 Å². The smallest absolute Gasteiger partial charge is 0.162 e. The van der Waals surface area contributed by atoms with Gasteiger partial charge in [-0.05, 0) is 17.7 Å². The Kier molecular flexibility index (Phi) is 4.89. The number of hydrogen-bond donors (Lipinski definition) is 0. The minimum Gasteiger partial charge on any atom is -0.351 e. The van der Waals surface area contributed by atoms with Crippen molar-refractivity contribution in [3.63, 3.8) is 0 Å². The van der Waals surface area contributed by atoms with Crippen LogP contribution in [0.25, 0.3) is 0 Å². The number of piperidine rings is 1. The summed E-state index contributed by atoms with van der Waals surface area (Å²) in [5.41, 5.74) is 3.27. The first-order chi connectivity index (χ1) is 11.2. The topological polar surface area (TPSA) is 23.6 Å². The second kappa shape index (κ2) is 7.25. The summed E-state index contributed by atoms with van der Waals surface area (Å²) in [6.45, 7) is 2.44. The first kappa shape index (κ1) is 15.5. The second-order valence-corrected chi connectivity index (χ2v) is 5.97. The van der Waals surface area contributed by atoms with E-state index in [2.05, 4.69) is 29.2 Å². The molecule has 3 heteroatoms. The summed E-state index contributed by atoms with van der Waals surface area (Å²) in [7, 11) is 1.99. The summed E-state index contributed by atoms with van der Waals surface area (Å²) in [4.78, 5) is 16.6. The summed E-state index contributed by atoms with van der Waals surface area (Å²) in [5.74, 6) is 0.261. The maximum absolute atomic E-state index is 12.2. The average molecular weight is 306 g/mol. The lowest BCUT2D eigenvalue weighted by molar-refractivity contribution is -0.117. The van der Waals surface area contributed by atoms with E-state index in [0.717, 1.165) is 24.4 Å². The Hall–Kier alpha value is -2.39. The molecule has 118 valence electrons. The highest BCUT2D eigenvalue weighted by molar-refractivity contribution is 5.97. The molecule has 1 fully saturated rings. The normalized spacial score (nSPS) is 17.4. The largest absolute Gasteiger partial charge is 0.351 e. The fourth-order valence-electron chi connectivity index (χ4n) is 2.89. The third-order valence-corrected chi connectivity index (χ3v) is 4.17. The first-order valence-corrected chi connectivity index (χ1v) is 8.00. The third kappa shape index (κ3) is 4.08. The zero-order valence-corrected chi connectivity index (χ0v) is 13.5. The third-order valence-electron chi connectivity index (χ3n) is 4.17. The van der Waals surface area contributed by atoms with E-state index >= 15 is 0 Å². The number of benzene rings is 2. The van der Waals surface area contributed by atoms with Gasteiger partial charge in [0.1, 0.15) is 0 Å². The molecule has 2 aromatic rings. The van der Waals surface area contributed by atoms with Gasteiger partial charge in [-0.3, -0.25) is 9.69 Å². The highest BCUT2D eigenvalue weighted by atomic mass is 16.1. The molecule has 1 aliphatic heterocycles. The number of anilines is 1. The molecule has 0 radical (unpaired) electrons. The van der Waals surface area contributed by atoms with Crippen LogP contribution in [-0.4, -0.2) is 30.8 Å². The van der Waals surface area contributed by atoms with Crippen molar-refractivity contribution >= 4 is 11.5 Å². The Morgan fingerprint density at radius 3 is 2.39 bits per heavy atom. The van der Waals surface area contributed by atoms with Crippen LogP contribution in [0.3, 0.4) is 0 Å². The fourth-order valence-corrected chi connectivity index (χ4v) is 2.89. The Morgan fingerprint density at radius 2 is 1.70 bits per heavy atom. The van der Waals surface area contributed by atoms with E-state index < -0.39 is 0 Å². The van der Waals surface area contributed by atoms with Crippen LogP contribution < -0.4 is 4.90 Å².